The Morgan fingerprint density at radius 1 is 1.00 bits per heavy atom. The Balaban J connectivity index is 1.32. The molecule has 1 heteroatoms. The van der Waals surface area contributed by atoms with Crippen LogP contribution in [0.4, 0.5) is 0 Å². The van der Waals surface area contributed by atoms with Crippen LogP contribution in [0, 0.1) is 57.7 Å². The van der Waals surface area contributed by atoms with Crippen molar-refractivity contribution >= 4 is 0 Å². The fourth-order valence-corrected chi connectivity index (χ4v) is 9.76. The number of aliphatic hydroxyl groups is 1. The molecule has 0 saturated heterocycles. The third-order valence-corrected chi connectivity index (χ3v) is 12.3. The highest BCUT2D eigenvalue weighted by Crippen LogP contribution is 2.68. The Labute approximate surface area is 186 Å². The molecule has 0 aromatic carbocycles. The minimum absolute atomic E-state index is 0.0783. The summed E-state index contributed by atoms with van der Waals surface area (Å²) >= 11 is 0. The van der Waals surface area contributed by atoms with Gasteiger partial charge < -0.3 is 5.11 Å². The van der Waals surface area contributed by atoms with Crippen molar-refractivity contribution in [3.63, 3.8) is 0 Å². The van der Waals surface area contributed by atoms with Crippen molar-refractivity contribution in [2.24, 2.45) is 57.7 Å². The summed E-state index contributed by atoms with van der Waals surface area (Å²) in [5, 5.41) is 10.3. The molecule has 0 spiro atoms. The molecule has 5 aliphatic carbocycles. The van der Waals surface area contributed by atoms with Gasteiger partial charge in [-0.2, -0.15) is 0 Å². The van der Waals surface area contributed by atoms with Crippen molar-refractivity contribution in [2.45, 2.75) is 112 Å². The van der Waals surface area contributed by atoms with Crippen molar-refractivity contribution in [1.82, 2.24) is 0 Å². The van der Waals surface area contributed by atoms with E-state index in [2.05, 4.69) is 47.6 Å². The van der Waals surface area contributed by atoms with E-state index in [0.717, 1.165) is 54.3 Å². The maximum absolute atomic E-state index is 10.3. The highest BCUT2D eigenvalue weighted by molar-refractivity contribution is 5.25. The van der Waals surface area contributed by atoms with Crippen LogP contribution in [0.5, 0.6) is 0 Å². The molecular weight excluding hydrogens is 364 g/mol. The quantitative estimate of drug-likeness (QED) is 0.470. The Bertz CT molecular complexity index is 707. The van der Waals surface area contributed by atoms with Crippen molar-refractivity contribution in [3.8, 4) is 0 Å². The highest BCUT2D eigenvalue weighted by atomic mass is 16.3. The third-order valence-electron chi connectivity index (χ3n) is 12.3. The number of hydrogen-bond acceptors (Lipinski definition) is 1. The third kappa shape index (κ3) is 3.03. The Morgan fingerprint density at radius 3 is 2.47 bits per heavy atom. The van der Waals surface area contributed by atoms with E-state index in [4.69, 9.17) is 0 Å². The largest absolute Gasteiger partial charge is 0.393 e. The van der Waals surface area contributed by atoms with Crippen molar-refractivity contribution in [2.75, 3.05) is 0 Å². The molecule has 30 heavy (non-hydrogen) atoms. The van der Waals surface area contributed by atoms with Crippen molar-refractivity contribution in [1.29, 1.82) is 0 Å². The fourth-order valence-electron chi connectivity index (χ4n) is 9.76. The van der Waals surface area contributed by atoms with Crippen LogP contribution >= 0.6 is 0 Å². The van der Waals surface area contributed by atoms with Gasteiger partial charge in [-0.05, 0) is 122 Å². The summed E-state index contributed by atoms with van der Waals surface area (Å²) in [7, 11) is 0. The van der Waals surface area contributed by atoms with Gasteiger partial charge in [0.2, 0.25) is 0 Å². The zero-order chi connectivity index (χ0) is 21.5. The Kier molecular flexibility index (Phi) is 5.10. The molecule has 4 saturated carbocycles. The van der Waals surface area contributed by atoms with E-state index in [1.807, 2.05) is 0 Å². The lowest BCUT2D eigenvalue weighted by Crippen LogP contribution is -2.50. The molecule has 0 aliphatic heterocycles. The molecule has 0 bridgehead atoms. The topological polar surface area (TPSA) is 20.2 Å². The maximum Gasteiger partial charge on any atom is 0.0577 e. The van der Waals surface area contributed by atoms with E-state index < -0.39 is 0 Å². The number of rotatable bonds is 4. The van der Waals surface area contributed by atoms with E-state index in [1.165, 1.54) is 51.4 Å². The smallest absolute Gasteiger partial charge is 0.0577 e. The standard InChI is InChI=1S/C29H48O/c1-18(2)29(6)17-21(29)15-19(3)24-9-10-25-23-8-7-20-16-22(30)11-13-27(20,4)26(23)12-14-28(24,25)5/h7,18-19,21-26,30H,8-17H2,1-6H3/t19-,21+,22+,23+,24-,25+,26+,27+,28-,29+/m1/s1. The molecule has 0 radical (unpaired) electrons. The summed E-state index contributed by atoms with van der Waals surface area (Å²) in [5.41, 5.74) is 3.23. The molecule has 0 heterocycles. The average molecular weight is 413 g/mol. The van der Waals surface area contributed by atoms with Crippen LogP contribution in [-0.4, -0.2) is 11.2 Å². The second-order valence-electron chi connectivity index (χ2n) is 13.7. The molecule has 0 aromatic heterocycles. The van der Waals surface area contributed by atoms with Crippen molar-refractivity contribution < 1.29 is 5.11 Å². The fraction of sp³-hybridized carbons (Fsp3) is 0.931. The lowest BCUT2D eigenvalue weighted by atomic mass is 9.47. The lowest BCUT2D eigenvalue weighted by Gasteiger charge is -2.58. The van der Waals surface area contributed by atoms with Crippen LogP contribution in [0.25, 0.3) is 0 Å². The predicted molar refractivity (Wildman–Crippen MR) is 126 cm³/mol. The van der Waals surface area contributed by atoms with E-state index >= 15 is 0 Å². The Morgan fingerprint density at radius 2 is 1.77 bits per heavy atom. The van der Waals surface area contributed by atoms with Crippen LogP contribution in [0.1, 0.15) is 106 Å². The van der Waals surface area contributed by atoms with Crippen LogP contribution in [0.3, 0.4) is 0 Å². The van der Waals surface area contributed by atoms with Crippen LogP contribution in [0.2, 0.25) is 0 Å². The predicted octanol–water partition coefficient (Wildman–Crippen LogP) is 7.63. The number of allylic oxidation sites excluding steroid dienone is 1. The monoisotopic (exact) mass is 412 g/mol. The summed E-state index contributed by atoms with van der Waals surface area (Å²) in [6, 6.07) is 0. The van der Waals surface area contributed by atoms with Gasteiger partial charge in [0.05, 0.1) is 6.10 Å². The van der Waals surface area contributed by atoms with E-state index in [0.29, 0.717) is 16.2 Å². The molecule has 5 aliphatic rings. The molecule has 4 fully saturated rings. The molecule has 10 atom stereocenters. The SMILES string of the molecule is CC(C)[C@]1(C)C[C@@H]1C[C@@H](C)[C@H]1CC[C@H]2[C@@H]3CC=C4C[C@@H](O)CC[C@]4(C)[C@H]3CC[C@]12C. The van der Waals surface area contributed by atoms with Gasteiger partial charge in [-0.1, -0.05) is 53.2 Å². The van der Waals surface area contributed by atoms with E-state index in [1.54, 1.807) is 5.57 Å². The minimum atomic E-state index is -0.0783. The highest BCUT2D eigenvalue weighted by Gasteiger charge is 2.60. The molecule has 1 nitrogen and oxygen atoms in total. The first-order valence-electron chi connectivity index (χ1n) is 13.5. The zero-order valence-corrected chi connectivity index (χ0v) is 20.7. The van der Waals surface area contributed by atoms with Crippen LogP contribution in [0.15, 0.2) is 11.6 Å². The van der Waals surface area contributed by atoms with Gasteiger partial charge in [-0.15, -0.1) is 0 Å². The van der Waals surface area contributed by atoms with Gasteiger partial charge >= 0.3 is 0 Å². The van der Waals surface area contributed by atoms with E-state index in [9.17, 15) is 5.11 Å². The van der Waals surface area contributed by atoms with Gasteiger partial charge in [-0.25, -0.2) is 0 Å². The molecular formula is C29H48O. The molecule has 0 amide bonds. The Hall–Kier alpha value is -0.300. The van der Waals surface area contributed by atoms with Gasteiger partial charge in [0.1, 0.15) is 0 Å². The van der Waals surface area contributed by atoms with Gasteiger partial charge in [0, 0.05) is 0 Å². The first-order chi connectivity index (χ1) is 14.1. The maximum atomic E-state index is 10.3. The molecule has 5 rings (SSSR count). The number of hydrogen-bond donors (Lipinski definition) is 1. The first kappa shape index (κ1) is 21.5. The summed E-state index contributed by atoms with van der Waals surface area (Å²) in [6.45, 7) is 15.3. The van der Waals surface area contributed by atoms with Gasteiger partial charge in [0.25, 0.3) is 0 Å². The second kappa shape index (κ2) is 7.10. The molecule has 1 N–H and O–H groups in total. The summed E-state index contributed by atoms with van der Waals surface area (Å²) < 4.78 is 0. The first-order valence-corrected chi connectivity index (χ1v) is 13.5. The lowest BCUT2D eigenvalue weighted by molar-refractivity contribution is -0.0576. The zero-order valence-electron chi connectivity index (χ0n) is 20.7. The van der Waals surface area contributed by atoms with Gasteiger partial charge in [-0.3, -0.25) is 0 Å². The second-order valence-corrected chi connectivity index (χ2v) is 13.7. The normalized spacial score (nSPS) is 53.5. The van der Waals surface area contributed by atoms with Crippen molar-refractivity contribution in [3.05, 3.63) is 11.6 Å². The summed E-state index contributed by atoms with van der Waals surface area (Å²) in [4.78, 5) is 0. The number of fused-ring (bicyclic) bond motifs is 5. The van der Waals surface area contributed by atoms with E-state index in [-0.39, 0.29) is 6.10 Å². The average Bonchev–Trinajstić information content (AvgIpc) is 3.20. The van der Waals surface area contributed by atoms with Gasteiger partial charge in [0.15, 0.2) is 0 Å². The summed E-state index contributed by atoms with van der Waals surface area (Å²) in [6.07, 6.45) is 15.9. The molecule has 170 valence electrons. The summed E-state index contributed by atoms with van der Waals surface area (Å²) in [5.74, 6) is 6.41. The van der Waals surface area contributed by atoms with Crippen LogP contribution in [-0.2, 0) is 0 Å². The van der Waals surface area contributed by atoms with Crippen LogP contribution < -0.4 is 0 Å². The number of aliphatic hydroxyl groups excluding tert-OH is 1. The minimum Gasteiger partial charge on any atom is -0.393 e. The molecule has 0 unspecified atom stereocenters. The molecule has 0 aromatic rings.